The van der Waals surface area contributed by atoms with E-state index in [1.165, 1.54) is 25.3 Å². The lowest BCUT2D eigenvalue weighted by molar-refractivity contribution is -0.135. The summed E-state index contributed by atoms with van der Waals surface area (Å²) < 4.78 is 17.4. The Morgan fingerprint density at radius 2 is 2.00 bits per heavy atom. The van der Waals surface area contributed by atoms with Crippen LogP contribution in [0.4, 0.5) is 10.1 Å². The number of carbonyl (C=O) groups is 2. The highest BCUT2D eigenvalue weighted by Crippen LogP contribution is 2.11. The molecular weight excluding hydrogens is 213 g/mol. The van der Waals surface area contributed by atoms with Crippen LogP contribution in [0.15, 0.2) is 36.4 Å². The predicted octanol–water partition coefficient (Wildman–Crippen LogP) is 1.49. The van der Waals surface area contributed by atoms with Crippen LogP contribution in [0.25, 0.3) is 0 Å². The molecule has 0 saturated heterocycles. The number of amides is 1. The second kappa shape index (κ2) is 5.65. The summed E-state index contributed by atoms with van der Waals surface area (Å²) in [6.07, 6.45) is 1.93. The Morgan fingerprint density at radius 3 is 2.62 bits per heavy atom. The zero-order chi connectivity index (χ0) is 12.0. The molecule has 16 heavy (non-hydrogen) atoms. The standard InChI is InChI=1S/C11H10FNO3/c1-16-11(15)7-6-10(14)13-9-5-3-2-4-8(9)12/h2-7H,1H3,(H,13,14)/b7-6-. The first-order valence-electron chi connectivity index (χ1n) is 4.45. The minimum absolute atomic E-state index is 0.0574. The number of ether oxygens (including phenoxy) is 1. The van der Waals surface area contributed by atoms with Crippen LogP contribution in [0, 0.1) is 5.82 Å². The fourth-order valence-corrected chi connectivity index (χ4v) is 0.949. The molecule has 1 amide bonds. The molecule has 0 aromatic heterocycles. The Hall–Kier alpha value is -2.17. The molecule has 0 saturated carbocycles. The van der Waals surface area contributed by atoms with E-state index in [0.717, 1.165) is 12.2 Å². The van der Waals surface area contributed by atoms with Crippen molar-refractivity contribution in [2.75, 3.05) is 12.4 Å². The van der Waals surface area contributed by atoms with Crippen molar-refractivity contribution in [3.05, 3.63) is 42.2 Å². The van der Waals surface area contributed by atoms with Crippen molar-refractivity contribution in [1.29, 1.82) is 0 Å². The van der Waals surface area contributed by atoms with Crippen molar-refractivity contribution in [3.8, 4) is 0 Å². The number of anilines is 1. The maximum absolute atomic E-state index is 13.1. The van der Waals surface area contributed by atoms with Gasteiger partial charge in [0.1, 0.15) is 5.82 Å². The van der Waals surface area contributed by atoms with E-state index in [9.17, 15) is 14.0 Å². The van der Waals surface area contributed by atoms with Crippen LogP contribution in [0.5, 0.6) is 0 Å². The van der Waals surface area contributed by atoms with E-state index in [-0.39, 0.29) is 5.69 Å². The largest absolute Gasteiger partial charge is 0.466 e. The average Bonchev–Trinajstić information content (AvgIpc) is 2.29. The van der Waals surface area contributed by atoms with Gasteiger partial charge in [0.15, 0.2) is 0 Å². The maximum Gasteiger partial charge on any atom is 0.330 e. The van der Waals surface area contributed by atoms with Gasteiger partial charge in [-0.1, -0.05) is 12.1 Å². The molecule has 0 aliphatic rings. The summed E-state index contributed by atoms with van der Waals surface area (Å²) in [6, 6.07) is 5.73. The number of methoxy groups -OCH3 is 1. The fourth-order valence-electron chi connectivity index (χ4n) is 0.949. The van der Waals surface area contributed by atoms with Crippen LogP contribution >= 0.6 is 0 Å². The number of carbonyl (C=O) groups excluding carboxylic acids is 2. The van der Waals surface area contributed by atoms with Crippen LogP contribution in [-0.4, -0.2) is 19.0 Å². The van der Waals surface area contributed by atoms with Crippen LogP contribution in [0.3, 0.4) is 0 Å². The van der Waals surface area contributed by atoms with Gasteiger partial charge < -0.3 is 10.1 Å². The van der Waals surface area contributed by atoms with Crippen LogP contribution < -0.4 is 5.32 Å². The summed E-state index contributed by atoms with van der Waals surface area (Å²) in [5.41, 5.74) is 0.0574. The Morgan fingerprint density at radius 1 is 1.31 bits per heavy atom. The number of para-hydroxylation sites is 1. The summed E-state index contributed by atoms with van der Waals surface area (Å²) in [7, 11) is 1.20. The summed E-state index contributed by atoms with van der Waals surface area (Å²) >= 11 is 0. The lowest BCUT2D eigenvalue weighted by atomic mass is 10.3. The minimum atomic E-state index is -0.649. The topological polar surface area (TPSA) is 55.4 Å². The molecule has 0 atom stereocenters. The Bertz CT molecular complexity index is 429. The van der Waals surface area contributed by atoms with E-state index < -0.39 is 17.7 Å². The third-order valence-electron chi connectivity index (χ3n) is 1.70. The van der Waals surface area contributed by atoms with Gasteiger partial charge in [-0.3, -0.25) is 4.79 Å². The van der Waals surface area contributed by atoms with E-state index in [4.69, 9.17) is 0 Å². The Labute approximate surface area is 91.7 Å². The maximum atomic E-state index is 13.1. The normalized spacial score (nSPS) is 10.1. The molecule has 1 aromatic carbocycles. The molecule has 0 radical (unpaired) electrons. The van der Waals surface area contributed by atoms with Gasteiger partial charge in [0, 0.05) is 12.2 Å². The highest BCUT2D eigenvalue weighted by molar-refractivity contribution is 6.02. The number of halogens is 1. The van der Waals surface area contributed by atoms with Gasteiger partial charge in [0.05, 0.1) is 12.8 Å². The number of hydrogen-bond acceptors (Lipinski definition) is 3. The van der Waals surface area contributed by atoms with Crippen molar-refractivity contribution in [2.45, 2.75) is 0 Å². The first-order valence-corrected chi connectivity index (χ1v) is 4.45. The van der Waals surface area contributed by atoms with Gasteiger partial charge in [-0.15, -0.1) is 0 Å². The SMILES string of the molecule is COC(=O)/C=C\C(=O)Nc1ccccc1F. The monoisotopic (exact) mass is 223 g/mol. The second-order valence-corrected chi connectivity index (χ2v) is 2.83. The molecular formula is C11H10FNO3. The van der Waals surface area contributed by atoms with Crippen LogP contribution in [0.2, 0.25) is 0 Å². The highest BCUT2D eigenvalue weighted by Gasteiger charge is 2.03. The molecule has 5 heteroatoms. The van der Waals surface area contributed by atoms with Crippen molar-refractivity contribution < 1.29 is 18.7 Å². The zero-order valence-corrected chi connectivity index (χ0v) is 8.57. The van der Waals surface area contributed by atoms with E-state index >= 15 is 0 Å². The predicted molar refractivity (Wildman–Crippen MR) is 56.2 cm³/mol. The molecule has 1 rings (SSSR count). The first kappa shape index (κ1) is 11.9. The number of hydrogen-bond donors (Lipinski definition) is 1. The van der Waals surface area contributed by atoms with E-state index in [1.807, 2.05) is 0 Å². The number of benzene rings is 1. The molecule has 1 aromatic rings. The average molecular weight is 223 g/mol. The number of esters is 1. The van der Waals surface area contributed by atoms with E-state index in [1.54, 1.807) is 6.07 Å². The summed E-state index contributed by atoms with van der Waals surface area (Å²) in [4.78, 5) is 21.9. The fraction of sp³-hybridized carbons (Fsp3) is 0.0909. The molecule has 1 N–H and O–H groups in total. The van der Waals surface area contributed by atoms with Gasteiger partial charge in [-0.2, -0.15) is 0 Å². The highest BCUT2D eigenvalue weighted by atomic mass is 19.1. The summed E-state index contributed by atoms with van der Waals surface area (Å²) in [6.45, 7) is 0. The number of nitrogens with one attached hydrogen (secondary N) is 1. The van der Waals surface area contributed by atoms with Crippen molar-refractivity contribution >= 4 is 17.6 Å². The molecule has 84 valence electrons. The first-order chi connectivity index (χ1) is 7.63. The molecule has 0 aliphatic heterocycles. The lowest BCUT2D eigenvalue weighted by Crippen LogP contribution is -2.10. The smallest absolute Gasteiger partial charge is 0.330 e. The van der Waals surface area contributed by atoms with Gasteiger partial charge in [-0.25, -0.2) is 9.18 Å². The van der Waals surface area contributed by atoms with E-state index in [0.29, 0.717) is 0 Å². The summed E-state index contributed by atoms with van der Waals surface area (Å²) in [5.74, 6) is -1.79. The van der Waals surface area contributed by atoms with Gasteiger partial charge >= 0.3 is 5.97 Å². The molecule has 0 heterocycles. The molecule has 0 bridgehead atoms. The van der Waals surface area contributed by atoms with Crippen LogP contribution in [0.1, 0.15) is 0 Å². The van der Waals surface area contributed by atoms with Gasteiger partial charge in [0.25, 0.3) is 0 Å². The quantitative estimate of drug-likeness (QED) is 0.624. The van der Waals surface area contributed by atoms with E-state index in [2.05, 4.69) is 10.1 Å². The Balaban J connectivity index is 2.62. The number of rotatable bonds is 3. The zero-order valence-electron chi connectivity index (χ0n) is 8.57. The van der Waals surface area contributed by atoms with Crippen molar-refractivity contribution in [3.63, 3.8) is 0 Å². The molecule has 0 fully saturated rings. The molecule has 0 spiro atoms. The van der Waals surface area contributed by atoms with Crippen molar-refractivity contribution in [2.24, 2.45) is 0 Å². The van der Waals surface area contributed by atoms with Crippen molar-refractivity contribution in [1.82, 2.24) is 0 Å². The van der Waals surface area contributed by atoms with Crippen LogP contribution in [-0.2, 0) is 14.3 Å². The third kappa shape index (κ3) is 3.53. The lowest BCUT2D eigenvalue weighted by Gasteiger charge is -2.02. The molecule has 4 nitrogen and oxygen atoms in total. The third-order valence-corrected chi connectivity index (χ3v) is 1.70. The Kier molecular flexibility index (Phi) is 4.20. The molecule has 0 unspecified atom stereocenters. The summed E-state index contributed by atoms with van der Waals surface area (Å²) in [5, 5.41) is 2.28. The van der Waals surface area contributed by atoms with Gasteiger partial charge in [-0.05, 0) is 12.1 Å². The second-order valence-electron chi connectivity index (χ2n) is 2.83. The minimum Gasteiger partial charge on any atom is -0.466 e. The molecule has 0 aliphatic carbocycles. The van der Waals surface area contributed by atoms with Gasteiger partial charge in [0.2, 0.25) is 5.91 Å².